The van der Waals surface area contributed by atoms with E-state index in [0.717, 1.165) is 43.9 Å². The number of hydrogen-bond acceptors (Lipinski definition) is 5. The molecule has 0 amide bonds. The van der Waals surface area contributed by atoms with Gasteiger partial charge < -0.3 is 14.6 Å². The average molecular weight is 250 g/mol. The average Bonchev–Trinajstić information content (AvgIpc) is 3.02. The minimum atomic E-state index is 0.682. The molecule has 1 N–H and O–H groups in total. The maximum atomic E-state index is 5.72. The first kappa shape index (κ1) is 12.0. The van der Waals surface area contributed by atoms with Gasteiger partial charge in [0.2, 0.25) is 5.89 Å². The Balaban J connectivity index is 1.57. The summed E-state index contributed by atoms with van der Waals surface area (Å²) in [6.45, 7) is 6.03. The highest BCUT2D eigenvalue weighted by Gasteiger charge is 2.37. The summed E-state index contributed by atoms with van der Waals surface area (Å²) in [5, 5.41) is 11.6. The predicted molar refractivity (Wildman–Crippen MR) is 69.3 cm³/mol. The molecule has 2 aliphatic rings. The van der Waals surface area contributed by atoms with Crippen LogP contribution in [0, 0.1) is 11.8 Å². The molecule has 0 aromatic carbocycles. The number of rotatable bonds is 5. The quantitative estimate of drug-likeness (QED) is 0.808. The van der Waals surface area contributed by atoms with Crippen LogP contribution in [0.3, 0.4) is 0 Å². The second kappa shape index (κ2) is 5.26. The van der Waals surface area contributed by atoms with Crippen LogP contribution in [0.5, 0.6) is 0 Å². The maximum Gasteiger partial charge on any atom is 0.318 e. The molecule has 5 heteroatoms. The first-order chi connectivity index (χ1) is 8.86. The summed E-state index contributed by atoms with van der Waals surface area (Å²) in [6.07, 6.45) is 5.27. The van der Waals surface area contributed by atoms with Gasteiger partial charge in [-0.15, -0.1) is 5.10 Å². The zero-order chi connectivity index (χ0) is 12.4. The van der Waals surface area contributed by atoms with E-state index in [1.54, 1.807) is 0 Å². The molecule has 0 bridgehead atoms. The van der Waals surface area contributed by atoms with Gasteiger partial charge in [0.1, 0.15) is 0 Å². The Labute approximate surface area is 108 Å². The molecule has 0 spiro atoms. The molecule has 2 heterocycles. The van der Waals surface area contributed by atoms with Crippen LogP contribution in [-0.2, 0) is 6.54 Å². The fourth-order valence-corrected chi connectivity index (χ4v) is 3.21. The van der Waals surface area contributed by atoms with Crippen LogP contribution in [-0.4, -0.2) is 29.8 Å². The fourth-order valence-electron chi connectivity index (χ4n) is 3.21. The molecule has 1 saturated carbocycles. The molecule has 18 heavy (non-hydrogen) atoms. The van der Waals surface area contributed by atoms with E-state index < -0.39 is 0 Å². The van der Waals surface area contributed by atoms with Crippen molar-refractivity contribution in [2.45, 2.75) is 39.2 Å². The van der Waals surface area contributed by atoms with Gasteiger partial charge in [0.15, 0.2) is 0 Å². The van der Waals surface area contributed by atoms with Gasteiger partial charge in [-0.05, 0) is 37.6 Å². The number of hydrogen-bond donors (Lipinski definition) is 1. The van der Waals surface area contributed by atoms with Crippen molar-refractivity contribution in [3.63, 3.8) is 0 Å². The van der Waals surface area contributed by atoms with E-state index in [0.29, 0.717) is 12.4 Å². The first-order valence-electron chi connectivity index (χ1n) is 7.15. The number of aromatic nitrogens is 2. The minimum Gasteiger partial charge on any atom is -0.407 e. The minimum absolute atomic E-state index is 0.682. The van der Waals surface area contributed by atoms with E-state index >= 15 is 0 Å². The summed E-state index contributed by atoms with van der Waals surface area (Å²) < 4.78 is 5.72. The third-order valence-corrected chi connectivity index (χ3v) is 4.16. The van der Waals surface area contributed by atoms with Crippen LogP contribution in [0.4, 0.5) is 6.01 Å². The number of anilines is 1. The van der Waals surface area contributed by atoms with Crippen molar-refractivity contribution in [3.8, 4) is 0 Å². The van der Waals surface area contributed by atoms with Crippen LogP contribution >= 0.6 is 0 Å². The second-order valence-electron chi connectivity index (χ2n) is 5.51. The van der Waals surface area contributed by atoms with Crippen molar-refractivity contribution in [1.29, 1.82) is 0 Å². The number of nitrogens with zero attached hydrogens (tertiary/aromatic N) is 3. The lowest BCUT2D eigenvalue weighted by Gasteiger charge is -2.12. The molecule has 1 aromatic heterocycles. The summed E-state index contributed by atoms with van der Waals surface area (Å²) in [5.41, 5.74) is 0. The van der Waals surface area contributed by atoms with Crippen molar-refractivity contribution in [1.82, 2.24) is 15.5 Å². The second-order valence-corrected chi connectivity index (χ2v) is 5.51. The summed E-state index contributed by atoms with van der Waals surface area (Å²) in [7, 11) is 0. The normalized spacial score (nSPS) is 26.8. The standard InChI is InChI=1S/C13H22N4O/c1-2-6-14-7-12-15-16-13(18-12)17-8-10-4-3-5-11(10)9-17/h10-11,14H,2-9H2,1H3. The molecule has 5 nitrogen and oxygen atoms in total. The molecule has 100 valence electrons. The van der Waals surface area contributed by atoms with Gasteiger partial charge in [0.05, 0.1) is 6.54 Å². The summed E-state index contributed by atoms with van der Waals surface area (Å²) in [4.78, 5) is 2.27. The van der Waals surface area contributed by atoms with Crippen LogP contribution in [0.25, 0.3) is 0 Å². The van der Waals surface area contributed by atoms with Crippen molar-refractivity contribution in [2.75, 3.05) is 24.5 Å². The van der Waals surface area contributed by atoms with Gasteiger partial charge >= 0.3 is 6.01 Å². The molecule has 3 rings (SSSR count). The number of nitrogens with one attached hydrogen (secondary N) is 1. The Kier molecular flexibility index (Phi) is 3.50. The lowest BCUT2D eigenvalue weighted by atomic mass is 10.0. The van der Waals surface area contributed by atoms with Crippen molar-refractivity contribution in [2.24, 2.45) is 11.8 Å². The molecule has 1 aliphatic heterocycles. The van der Waals surface area contributed by atoms with Gasteiger partial charge in [-0.25, -0.2) is 0 Å². The molecule has 1 saturated heterocycles. The Bertz CT molecular complexity index is 380. The lowest BCUT2D eigenvalue weighted by Crippen LogP contribution is -2.21. The molecular weight excluding hydrogens is 228 g/mol. The van der Waals surface area contributed by atoms with E-state index in [1.807, 2.05) is 0 Å². The largest absolute Gasteiger partial charge is 0.407 e. The van der Waals surface area contributed by atoms with Gasteiger partial charge in [0.25, 0.3) is 0 Å². The highest BCUT2D eigenvalue weighted by molar-refractivity contribution is 5.27. The molecule has 2 atom stereocenters. The monoisotopic (exact) mass is 250 g/mol. The van der Waals surface area contributed by atoms with Crippen LogP contribution in [0.1, 0.15) is 38.5 Å². The zero-order valence-electron chi connectivity index (χ0n) is 11.1. The Morgan fingerprint density at radius 3 is 2.78 bits per heavy atom. The summed E-state index contributed by atoms with van der Waals surface area (Å²) >= 11 is 0. The van der Waals surface area contributed by atoms with E-state index in [2.05, 4.69) is 27.3 Å². The van der Waals surface area contributed by atoms with Crippen molar-refractivity contribution in [3.05, 3.63) is 5.89 Å². The highest BCUT2D eigenvalue weighted by Crippen LogP contribution is 2.39. The third kappa shape index (κ3) is 2.36. The molecule has 0 radical (unpaired) electrons. The fraction of sp³-hybridized carbons (Fsp3) is 0.846. The van der Waals surface area contributed by atoms with Crippen molar-refractivity contribution >= 4 is 6.01 Å². The van der Waals surface area contributed by atoms with Crippen LogP contribution in [0.15, 0.2) is 4.42 Å². The molecule has 1 aliphatic carbocycles. The Hall–Kier alpha value is -1.10. The SMILES string of the molecule is CCCNCc1nnc(N2CC3CCCC3C2)o1. The predicted octanol–water partition coefficient (Wildman–Crippen LogP) is 1.81. The summed E-state index contributed by atoms with van der Waals surface area (Å²) in [5.74, 6) is 2.42. The summed E-state index contributed by atoms with van der Waals surface area (Å²) in [6, 6.07) is 0.720. The zero-order valence-corrected chi connectivity index (χ0v) is 11.1. The lowest BCUT2D eigenvalue weighted by molar-refractivity contribution is 0.463. The van der Waals surface area contributed by atoms with Gasteiger partial charge in [-0.2, -0.15) is 0 Å². The van der Waals surface area contributed by atoms with Crippen molar-refractivity contribution < 1.29 is 4.42 Å². The topological polar surface area (TPSA) is 54.2 Å². The molecule has 2 unspecified atom stereocenters. The highest BCUT2D eigenvalue weighted by atomic mass is 16.4. The van der Waals surface area contributed by atoms with E-state index in [4.69, 9.17) is 4.42 Å². The smallest absolute Gasteiger partial charge is 0.318 e. The molecule has 1 aromatic rings. The third-order valence-electron chi connectivity index (χ3n) is 4.16. The molecular formula is C13H22N4O. The first-order valence-corrected chi connectivity index (χ1v) is 7.15. The maximum absolute atomic E-state index is 5.72. The van der Waals surface area contributed by atoms with E-state index in [1.165, 1.54) is 19.3 Å². The molecule has 2 fully saturated rings. The van der Waals surface area contributed by atoms with E-state index in [-0.39, 0.29) is 0 Å². The Morgan fingerprint density at radius 2 is 2.06 bits per heavy atom. The van der Waals surface area contributed by atoms with Crippen LogP contribution < -0.4 is 10.2 Å². The van der Waals surface area contributed by atoms with Gasteiger partial charge in [-0.3, -0.25) is 0 Å². The number of fused-ring (bicyclic) bond motifs is 1. The van der Waals surface area contributed by atoms with Gasteiger partial charge in [0, 0.05) is 13.1 Å². The van der Waals surface area contributed by atoms with E-state index in [9.17, 15) is 0 Å². The Morgan fingerprint density at radius 1 is 1.28 bits per heavy atom. The van der Waals surface area contributed by atoms with Gasteiger partial charge in [-0.1, -0.05) is 18.4 Å². The van der Waals surface area contributed by atoms with Crippen LogP contribution in [0.2, 0.25) is 0 Å².